The number of amides is 4. The van der Waals surface area contributed by atoms with Crippen LogP contribution in [-0.4, -0.2) is 134 Å². The van der Waals surface area contributed by atoms with E-state index < -0.39 is 29.5 Å². The number of nitrogens with one attached hydrogen (secondary N) is 2. The lowest BCUT2D eigenvalue weighted by atomic mass is 9.85. The summed E-state index contributed by atoms with van der Waals surface area (Å²) in [6.07, 6.45) is 6.58. The second kappa shape index (κ2) is 21.4. The highest BCUT2D eigenvalue weighted by molar-refractivity contribution is 7.13. The fourth-order valence-electron chi connectivity index (χ4n) is 10.2. The second-order valence-electron chi connectivity index (χ2n) is 20.2. The number of β-amino-alcohol motifs (C(OH)–C–C–N with tert-alkyl or cyclic N) is 1. The van der Waals surface area contributed by atoms with Crippen LogP contribution in [0.5, 0.6) is 0 Å². The van der Waals surface area contributed by atoms with Gasteiger partial charge in [-0.25, -0.2) is 19.4 Å². The number of halogens is 1. The fourth-order valence-corrected chi connectivity index (χ4v) is 11.0. The average molecular weight is 986 g/mol. The molecule has 0 saturated carbocycles. The van der Waals surface area contributed by atoms with Crippen LogP contribution in [0.3, 0.4) is 0 Å². The molecule has 4 amide bonds. The van der Waals surface area contributed by atoms with Crippen molar-refractivity contribution in [3.63, 3.8) is 0 Å². The second-order valence-corrected chi connectivity index (χ2v) is 21.1. The molecule has 2 aromatic heterocycles. The van der Waals surface area contributed by atoms with E-state index in [1.165, 1.54) is 11.0 Å². The Kier molecular flexibility index (Phi) is 14.9. The van der Waals surface area contributed by atoms with Gasteiger partial charge in [-0.1, -0.05) is 63.2 Å². The van der Waals surface area contributed by atoms with Crippen molar-refractivity contribution in [3.05, 3.63) is 113 Å². The predicted molar refractivity (Wildman–Crippen MR) is 272 cm³/mol. The van der Waals surface area contributed by atoms with E-state index in [4.69, 9.17) is 15.1 Å². The van der Waals surface area contributed by atoms with Crippen LogP contribution < -0.4 is 15.5 Å². The number of aliphatic imine (C=N–C) groups is 1. The number of amidine groups is 2. The molecule has 0 bridgehead atoms. The molecule has 0 aliphatic carbocycles. The van der Waals surface area contributed by atoms with E-state index >= 15 is 0 Å². The number of aromatic nitrogens is 2. The minimum Gasteiger partial charge on any atom is -0.391 e. The molecule has 1 unspecified atom stereocenters. The summed E-state index contributed by atoms with van der Waals surface area (Å²) in [4.78, 5) is 77.4. The summed E-state index contributed by atoms with van der Waals surface area (Å²) >= 11 is 1.57. The number of rotatable bonds is 14. The Labute approximate surface area is 418 Å². The zero-order chi connectivity index (χ0) is 49.8. The number of carbonyl (C=O) groups excluding carboxylic acids is 4. The molecule has 18 heteroatoms. The predicted octanol–water partition coefficient (Wildman–Crippen LogP) is 6.15. The quantitative estimate of drug-likeness (QED) is 0.124. The molecular weight excluding hydrogens is 922 g/mol. The van der Waals surface area contributed by atoms with Crippen LogP contribution in [-0.2, 0) is 25.7 Å². The first kappa shape index (κ1) is 49.5. The zero-order valence-electron chi connectivity index (χ0n) is 41.0. The summed E-state index contributed by atoms with van der Waals surface area (Å²) in [5.41, 5.74) is 5.86. The van der Waals surface area contributed by atoms with Gasteiger partial charge in [0.25, 0.3) is 0 Å². The number of benzene rings is 2. The van der Waals surface area contributed by atoms with E-state index in [0.29, 0.717) is 52.0 Å². The number of hydrogen-bond acceptors (Lipinski definition) is 13. The molecule has 5 atom stereocenters. The third kappa shape index (κ3) is 11.3. The van der Waals surface area contributed by atoms with Crippen molar-refractivity contribution >= 4 is 52.5 Å². The maximum absolute atomic E-state index is 14.2. The number of likely N-dealkylation sites (tertiary alicyclic amines) is 2. The lowest BCUT2D eigenvalue weighted by Gasteiger charge is -2.36. The van der Waals surface area contributed by atoms with Crippen LogP contribution in [0, 0.1) is 18.2 Å². The summed E-state index contributed by atoms with van der Waals surface area (Å²) in [7, 11) is 0. The molecule has 3 saturated heterocycles. The Morgan fingerprint density at radius 3 is 2.42 bits per heavy atom. The zero-order valence-corrected chi connectivity index (χ0v) is 41.8. The maximum Gasteiger partial charge on any atom is 0.246 e. The smallest absolute Gasteiger partial charge is 0.246 e. The number of thiazole rings is 1. The first-order valence-electron chi connectivity index (χ1n) is 24.9. The number of unbranched alkanes of at least 4 members (excludes halogenated alkanes) is 1. The first-order chi connectivity index (χ1) is 34.2. The van der Waals surface area contributed by atoms with Crippen LogP contribution in [0.1, 0.15) is 100 Å². The highest BCUT2D eigenvalue weighted by atomic mass is 32.1. The normalized spacial score (nSPS) is 21.5. The Morgan fingerprint density at radius 1 is 0.915 bits per heavy atom. The van der Waals surface area contributed by atoms with Gasteiger partial charge in [0.15, 0.2) is 0 Å². The molecule has 5 aliphatic rings. The van der Waals surface area contributed by atoms with E-state index in [0.717, 1.165) is 69.8 Å². The van der Waals surface area contributed by atoms with Crippen molar-refractivity contribution < 1.29 is 28.7 Å². The number of fused-ring (bicyclic) bond motifs is 1. The van der Waals surface area contributed by atoms with E-state index in [1.54, 1.807) is 23.5 Å². The van der Waals surface area contributed by atoms with Crippen molar-refractivity contribution in [2.75, 3.05) is 50.7 Å². The largest absolute Gasteiger partial charge is 0.391 e. The molecule has 16 nitrogen and oxygen atoms in total. The number of hydrogen-bond donors (Lipinski definition) is 3. The van der Waals surface area contributed by atoms with Crippen molar-refractivity contribution in [3.8, 4) is 10.4 Å². The summed E-state index contributed by atoms with van der Waals surface area (Å²) < 4.78 is 14.2. The fraction of sp³-hybridized carbons (Fsp3) is 0.472. The maximum atomic E-state index is 14.2. The topological polar surface area (TPSA) is 179 Å². The number of aryl methyl sites for hydroxylation is 1. The van der Waals surface area contributed by atoms with E-state index in [9.17, 15) is 28.7 Å². The number of anilines is 1. The van der Waals surface area contributed by atoms with E-state index in [2.05, 4.69) is 25.4 Å². The number of aliphatic hydroxyl groups excluding tert-OH is 1. The van der Waals surface area contributed by atoms with Crippen molar-refractivity contribution in [1.82, 2.24) is 40.3 Å². The van der Waals surface area contributed by atoms with Crippen LogP contribution in [0.2, 0.25) is 0 Å². The monoisotopic (exact) mass is 985 g/mol. The highest BCUT2D eigenvalue weighted by Gasteiger charge is 2.44. The summed E-state index contributed by atoms with van der Waals surface area (Å²) in [6.45, 7) is 11.5. The van der Waals surface area contributed by atoms with Crippen LogP contribution >= 0.6 is 11.3 Å². The molecule has 2 aromatic carbocycles. The molecule has 3 fully saturated rings. The minimum atomic E-state index is -0.930. The van der Waals surface area contributed by atoms with Crippen LogP contribution in [0.15, 0.2) is 94.5 Å². The average Bonchev–Trinajstić information content (AvgIpc) is 4.20. The van der Waals surface area contributed by atoms with Crippen molar-refractivity contribution in [2.45, 2.75) is 109 Å². The molecule has 3 N–H and O–H groups in total. The number of nitrogens with zero attached hydrogens (tertiary/aromatic N) is 9. The third-order valence-corrected chi connectivity index (χ3v) is 15.1. The van der Waals surface area contributed by atoms with Gasteiger partial charge in [-0.05, 0) is 91.1 Å². The van der Waals surface area contributed by atoms with Gasteiger partial charge in [-0.2, -0.15) is 5.10 Å². The van der Waals surface area contributed by atoms with Gasteiger partial charge in [-0.15, -0.1) is 11.3 Å². The van der Waals surface area contributed by atoms with Gasteiger partial charge in [0.2, 0.25) is 23.6 Å². The summed E-state index contributed by atoms with van der Waals surface area (Å²) in [6, 6.07) is 18.8. The first-order valence-corrected chi connectivity index (χ1v) is 25.8. The molecule has 374 valence electrons. The molecule has 0 spiro atoms. The number of hydrazone groups is 1. The Bertz CT molecular complexity index is 2690. The van der Waals surface area contributed by atoms with Gasteiger partial charge >= 0.3 is 0 Å². The summed E-state index contributed by atoms with van der Waals surface area (Å²) in [5.74, 6) is 1.17. The lowest BCUT2D eigenvalue weighted by Crippen LogP contribution is -2.57. The Hall–Kier alpha value is -6.53. The lowest BCUT2D eigenvalue weighted by molar-refractivity contribution is -0.144. The Balaban J connectivity index is 0.720. The third-order valence-electron chi connectivity index (χ3n) is 14.1. The minimum absolute atomic E-state index is 0.00712. The molecule has 4 aromatic rings. The van der Waals surface area contributed by atoms with Gasteiger partial charge in [0.05, 0.1) is 40.5 Å². The number of carbonyl (C=O) groups is 4. The SMILES string of the molecule is Cc1ncsc1-c1ccc(CNC(=O)[C@@H]2C[C@@H](O)CN2C(=O)[C@@H](NC(=O)CCCCC(=O)N2CCN(c3cccc(C4CN=C5C=CC(N6CCC[C@@H]6c6cccc(F)c6)=NN54)n3)CC2)C(C)(C)C)cc1. The Morgan fingerprint density at radius 2 is 1.68 bits per heavy atom. The summed E-state index contributed by atoms with van der Waals surface area (Å²) in [5, 5.41) is 23.5. The van der Waals surface area contributed by atoms with Gasteiger partial charge in [0.1, 0.15) is 41.4 Å². The van der Waals surface area contributed by atoms with E-state index in [-0.39, 0.29) is 61.6 Å². The van der Waals surface area contributed by atoms with E-state index in [1.807, 2.05) is 104 Å². The van der Waals surface area contributed by atoms with Gasteiger partial charge < -0.3 is 35.3 Å². The number of pyridine rings is 1. The van der Waals surface area contributed by atoms with Crippen molar-refractivity contribution in [1.29, 1.82) is 0 Å². The number of piperazine rings is 1. The van der Waals surface area contributed by atoms with Gasteiger partial charge in [-0.3, -0.25) is 24.2 Å². The molecular formula is C53H64FN11O5S. The number of aliphatic hydroxyl groups is 1. The highest BCUT2D eigenvalue weighted by Crippen LogP contribution is 2.36. The molecule has 71 heavy (non-hydrogen) atoms. The molecule has 7 heterocycles. The molecule has 5 aliphatic heterocycles. The van der Waals surface area contributed by atoms with Crippen LogP contribution in [0.25, 0.3) is 10.4 Å². The standard InChI is InChI=1S/C53H64FN11O5S/c1-34-49(71-33-57-34)36-19-17-35(18-20-36)30-56-51(69)42-29-39(66)32-64(42)52(70)50(53(2,3)4)59-47(67)15-5-6-16-48(68)62-26-24-61(25-27-62)45-14-8-12-40(58-45)43-31-55-44-21-22-46(60-65(43)44)63-23-9-13-41(63)37-10-7-11-38(54)28-37/h7-8,10-12,14,17-22,28,33,39,41-43,50,66H,5-6,9,13,15-16,23-27,29-32H2,1-4H3,(H,56,69)(H,59,67)/t39-,41-,42+,43?,50-/m1/s1. The molecule has 0 radical (unpaired) electrons. The molecule has 9 rings (SSSR count). The van der Waals surface area contributed by atoms with Crippen molar-refractivity contribution in [2.24, 2.45) is 15.5 Å². The van der Waals surface area contributed by atoms with Crippen LogP contribution in [0.4, 0.5) is 10.2 Å². The van der Waals surface area contributed by atoms with Gasteiger partial charge in [0, 0.05) is 65.1 Å².